The molecule has 15 heteroatoms. The van der Waals surface area contributed by atoms with E-state index in [9.17, 15) is 20.2 Å². The summed E-state index contributed by atoms with van der Waals surface area (Å²) < 4.78 is 26.5. The Morgan fingerprint density at radius 1 is 0.875 bits per heavy atom. The first-order chi connectivity index (χ1) is 18.9. The summed E-state index contributed by atoms with van der Waals surface area (Å²) in [5.41, 5.74) is 8.90. The number of fused-ring (bicyclic) bond motifs is 2. The highest BCUT2D eigenvalue weighted by atomic mass is 35.5. The number of hydrogen-bond donors (Lipinski definition) is 4. The number of nitro groups is 1. The number of halogens is 1. The van der Waals surface area contributed by atoms with Crippen LogP contribution < -0.4 is 26.1 Å². The number of nitrogens with zero attached hydrogens (tertiary/aromatic N) is 1. The van der Waals surface area contributed by atoms with Crippen molar-refractivity contribution >= 4 is 37.6 Å². The minimum Gasteiger partial charge on any atom is -0.468 e. The van der Waals surface area contributed by atoms with E-state index in [1.165, 1.54) is 0 Å². The van der Waals surface area contributed by atoms with Crippen LogP contribution in [-0.2, 0) is 20.7 Å². The van der Waals surface area contributed by atoms with Crippen molar-refractivity contribution in [2.75, 3.05) is 26.7 Å². The largest absolute Gasteiger partial charge is 0.496 e. The van der Waals surface area contributed by atoms with Crippen molar-refractivity contribution in [2.45, 2.75) is 18.8 Å². The average Bonchev–Trinajstić information content (AvgIpc) is 3.44. The molecule has 0 saturated heterocycles. The van der Waals surface area contributed by atoms with Gasteiger partial charge in [0.05, 0.1) is 12.7 Å². The number of nitrogens with two attached hydrogens (primary N) is 1. The van der Waals surface area contributed by atoms with Crippen molar-refractivity contribution in [1.29, 1.82) is 0 Å². The Morgan fingerprint density at radius 3 is 2.02 bits per heavy atom. The summed E-state index contributed by atoms with van der Waals surface area (Å²) >= 11 is 0. The van der Waals surface area contributed by atoms with Gasteiger partial charge in [-0.2, -0.15) is 0 Å². The number of ether oxygens (including phenoxy) is 3. The summed E-state index contributed by atoms with van der Waals surface area (Å²) in [6.45, 7) is -0.141. The van der Waals surface area contributed by atoms with Gasteiger partial charge < -0.3 is 44.4 Å². The Morgan fingerprint density at radius 2 is 1.45 bits per heavy atom. The molecule has 2 aliphatic heterocycles. The van der Waals surface area contributed by atoms with E-state index in [-0.39, 0.29) is 25.3 Å². The summed E-state index contributed by atoms with van der Waals surface area (Å²) in [6, 6.07) is 20.0. The molecule has 0 bridgehead atoms. The molecule has 0 spiro atoms. The van der Waals surface area contributed by atoms with Gasteiger partial charge in [-0.3, -0.25) is 10.1 Å². The fourth-order valence-corrected chi connectivity index (χ4v) is 4.43. The van der Waals surface area contributed by atoms with Crippen LogP contribution in [0.2, 0.25) is 0 Å². The van der Waals surface area contributed by atoms with Gasteiger partial charge in [0.1, 0.15) is 17.6 Å². The highest BCUT2D eigenvalue weighted by Crippen LogP contribution is 2.28. The third-order valence-electron chi connectivity index (χ3n) is 6.13. The molecule has 0 amide bonds. The first kappa shape index (κ1) is 31.3. The quantitative estimate of drug-likeness (QED) is 0.0868. The van der Waals surface area contributed by atoms with E-state index >= 15 is 0 Å². The molecule has 212 valence electrons. The van der Waals surface area contributed by atoms with Crippen molar-refractivity contribution in [3.63, 3.8) is 0 Å². The molecule has 3 aromatic carbocycles. The van der Waals surface area contributed by atoms with Gasteiger partial charge in [-0.05, 0) is 28.8 Å². The van der Waals surface area contributed by atoms with Gasteiger partial charge >= 0.3 is 14.2 Å². The topological polar surface area (TPSA) is 176 Å². The molecule has 3 aromatic rings. The Labute approximate surface area is 237 Å². The summed E-state index contributed by atoms with van der Waals surface area (Å²) in [5.74, 6) is 0.831. The molecule has 0 fully saturated rings. The lowest BCUT2D eigenvalue weighted by atomic mass is 9.78. The second-order valence-corrected chi connectivity index (χ2v) is 8.59. The lowest BCUT2D eigenvalue weighted by Crippen LogP contribution is -2.30. The van der Waals surface area contributed by atoms with Crippen molar-refractivity contribution < 1.29 is 43.6 Å². The minimum atomic E-state index is -1.24. The fourth-order valence-electron chi connectivity index (χ4n) is 4.43. The highest BCUT2D eigenvalue weighted by molar-refractivity contribution is 6.63. The van der Waals surface area contributed by atoms with Crippen LogP contribution in [0.5, 0.6) is 11.5 Å². The van der Waals surface area contributed by atoms with Crippen LogP contribution in [0.15, 0.2) is 66.7 Å². The second kappa shape index (κ2) is 15.0. The van der Waals surface area contributed by atoms with E-state index in [1.807, 2.05) is 36.4 Å². The standard InChI is InChI=1S/C16H16BNO6.C9H12BNO4.ClH/c19-17-16-13(15(24-17)9-18(20)21)7-4-8-14(16)23-11-22-10-12-5-2-1-3-6-12;11-4-8-6-2-1-3-7(14-5-12)9(6)10(13)15-8;/h1-8,15,19H,9-11H2;1-3,8,12-13H,4-5,11H2;1H. The third-order valence-corrected chi connectivity index (χ3v) is 6.13. The third kappa shape index (κ3) is 7.50. The molecule has 12 nitrogen and oxygen atoms in total. The van der Waals surface area contributed by atoms with E-state index in [2.05, 4.69) is 0 Å². The second-order valence-electron chi connectivity index (χ2n) is 8.59. The normalized spacial score (nSPS) is 16.8. The number of benzene rings is 3. The molecule has 0 saturated carbocycles. The van der Waals surface area contributed by atoms with Crippen LogP contribution >= 0.6 is 12.4 Å². The van der Waals surface area contributed by atoms with Gasteiger partial charge in [0.15, 0.2) is 13.6 Å². The fraction of sp³-hybridized carbons (Fsp3) is 0.280. The molecule has 2 atom stereocenters. The van der Waals surface area contributed by atoms with Crippen LogP contribution in [0.4, 0.5) is 0 Å². The van der Waals surface area contributed by atoms with Gasteiger partial charge in [0.25, 0.3) is 0 Å². The number of hydrogen-bond acceptors (Lipinski definition) is 11. The molecule has 5 rings (SSSR count). The first-order valence-corrected chi connectivity index (χ1v) is 12.2. The van der Waals surface area contributed by atoms with Gasteiger partial charge in [0, 0.05) is 22.4 Å². The van der Waals surface area contributed by atoms with E-state index in [4.69, 9.17) is 34.4 Å². The predicted molar refractivity (Wildman–Crippen MR) is 148 cm³/mol. The van der Waals surface area contributed by atoms with E-state index in [0.29, 0.717) is 41.1 Å². The zero-order valence-electron chi connectivity index (χ0n) is 21.3. The SMILES string of the molecule is Cl.NCC1OB(O)c2c(OCO)cccc21.O=[N+]([O-])CC1OB(O)c2c(OCOCc3ccccc3)cccc21. The zero-order valence-corrected chi connectivity index (χ0v) is 22.1. The molecular formula is C25H29B2ClN2O10. The maximum atomic E-state index is 10.7. The molecule has 40 heavy (non-hydrogen) atoms. The molecule has 0 aromatic heterocycles. The summed E-state index contributed by atoms with van der Waals surface area (Å²) in [4.78, 5) is 10.2. The maximum Gasteiger partial charge on any atom is 0.496 e. The molecular weight excluding hydrogens is 545 g/mol. The Balaban J connectivity index is 0.000000238. The molecule has 2 aliphatic rings. The maximum absolute atomic E-state index is 10.7. The molecule has 0 aliphatic carbocycles. The lowest BCUT2D eigenvalue weighted by Gasteiger charge is -2.11. The molecule has 2 unspecified atom stereocenters. The first-order valence-electron chi connectivity index (χ1n) is 12.2. The predicted octanol–water partition coefficient (Wildman–Crippen LogP) is 0.430. The summed E-state index contributed by atoms with van der Waals surface area (Å²) in [6.07, 6.45) is -1.09. The van der Waals surface area contributed by atoms with Crippen LogP contribution in [0, 0.1) is 10.1 Å². The van der Waals surface area contributed by atoms with E-state index < -0.39 is 38.6 Å². The number of aliphatic hydroxyl groups excluding tert-OH is 1. The van der Waals surface area contributed by atoms with Gasteiger partial charge in [-0.1, -0.05) is 54.6 Å². The van der Waals surface area contributed by atoms with Crippen molar-refractivity contribution in [3.8, 4) is 11.5 Å². The minimum absolute atomic E-state index is 0. The van der Waals surface area contributed by atoms with Gasteiger partial charge in [0.2, 0.25) is 6.54 Å². The monoisotopic (exact) mass is 574 g/mol. The summed E-state index contributed by atoms with van der Waals surface area (Å²) in [5, 5.41) is 39.1. The van der Waals surface area contributed by atoms with Gasteiger partial charge in [-0.15, -0.1) is 12.4 Å². The number of rotatable bonds is 10. The Bertz CT molecular complexity index is 1260. The van der Waals surface area contributed by atoms with Crippen LogP contribution in [0.1, 0.15) is 28.9 Å². The number of aliphatic hydroxyl groups is 1. The smallest absolute Gasteiger partial charge is 0.468 e. The van der Waals surface area contributed by atoms with E-state index in [1.54, 1.807) is 30.3 Å². The van der Waals surface area contributed by atoms with Crippen LogP contribution in [-0.4, -0.2) is 61.0 Å². The van der Waals surface area contributed by atoms with Crippen LogP contribution in [0.25, 0.3) is 0 Å². The molecule has 5 N–H and O–H groups in total. The zero-order chi connectivity index (χ0) is 27.8. The Kier molecular flexibility index (Phi) is 11.7. The Hall–Kier alpha value is -3.20. The van der Waals surface area contributed by atoms with Crippen molar-refractivity contribution in [3.05, 3.63) is 93.5 Å². The van der Waals surface area contributed by atoms with Crippen LogP contribution in [0.3, 0.4) is 0 Å². The average molecular weight is 575 g/mol. The molecule has 0 radical (unpaired) electrons. The van der Waals surface area contributed by atoms with Crippen molar-refractivity contribution in [2.24, 2.45) is 5.73 Å². The lowest BCUT2D eigenvalue weighted by molar-refractivity contribution is -0.490. The van der Waals surface area contributed by atoms with Gasteiger partial charge in [-0.25, -0.2) is 0 Å². The van der Waals surface area contributed by atoms with E-state index in [0.717, 1.165) is 11.1 Å². The van der Waals surface area contributed by atoms with Crippen molar-refractivity contribution in [1.82, 2.24) is 0 Å². The molecule has 2 heterocycles. The highest BCUT2D eigenvalue weighted by Gasteiger charge is 2.40. The summed E-state index contributed by atoms with van der Waals surface area (Å²) in [7, 11) is -2.27.